The molecule has 2 fully saturated rings. The molecule has 2 amide bonds. The predicted molar refractivity (Wildman–Crippen MR) is 254 cm³/mol. The topological polar surface area (TPSA) is 128 Å². The zero-order valence-corrected chi connectivity index (χ0v) is 39.7. The largest absolute Gasteiger partial charge is 0.464 e. The third-order valence-electron chi connectivity index (χ3n) is 11.1. The van der Waals surface area contributed by atoms with E-state index in [0.717, 1.165) is 44.7 Å². The molecule has 328 valence electrons. The lowest BCUT2D eigenvalue weighted by Gasteiger charge is -2.35. The molecular formula is C40H58F2N6O5S6. The summed E-state index contributed by atoms with van der Waals surface area (Å²) < 4.78 is 41.2. The number of benzene rings is 1. The Morgan fingerprint density at radius 2 is 1.83 bits per heavy atom. The van der Waals surface area contributed by atoms with Gasteiger partial charge in [0.1, 0.15) is 12.1 Å². The molecule has 11 nitrogen and oxygen atoms in total. The number of hydrogen-bond donors (Lipinski definition) is 2. The molecule has 4 aromatic rings. The highest BCUT2D eigenvalue weighted by Crippen LogP contribution is 2.47. The Hall–Kier alpha value is -2.52. The van der Waals surface area contributed by atoms with Gasteiger partial charge in [-0.25, -0.2) is 10.4 Å². The lowest BCUT2D eigenvalue weighted by Crippen LogP contribution is -2.60. The number of hydrogen-bond acceptors (Lipinski definition) is 9. The van der Waals surface area contributed by atoms with Crippen molar-refractivity contribution in [2.45, 2.75) is 78.1 Å². The fourth-order valence-corrected chi connectivity index (χ4v) is 8.94. The Bertz CT molecular complexity index is 2060. The Morgan fingerprint density at radius 3 is 2.49 bits per heavy atom. The zero-order valence-electron chi connectivity index (χ0n) is 33.9. The van der Waals surface area contributed by atoms with E-state index in [9.17, 15) is 23.2 Å². The van der Waals surface area contributed by atoms with Crippen LogP contribution in [0.4, 0.5) is 8.78 Å². The van der Waals surface area contributed by atoms with Crippen LogP contribution in [-0.4, -0.2) is 83.0 Å². The van der Waals surface area contributed by atoms with Gasteiger partial charge < -0.3 is 19.4 Å². The summed E-state index contributed by atoms with van der Waals surface area (Å²) >= 11 is 1.38. The van der Waals surface area contributed by atoms with Crippen molar-refractivity contribution in [1.29, 1.82) is 0 Å². The number of alkyl halides is 2. The number of carbonyl (C=O) groups is 3. The van der Waals surface area contributed by atoms with Gasteiger partial charge in [0.2, 0.25) is 5.91 Å². The first-order chi connectivity index (χ1) is 26.0. The highest BCUT2D eigenvalue weighted by atomic mass is 32.1. The minimum Gasteiger partial charge on any atom is -0.464 e. The molecule has 0 spiro atoms. The van der Waals surface area contributed by atoms with Crippen LogP contribution in [0.2, 0.25) is 0 Å². The lowest BCUT2D eigenvalue weighted by molar-refractivity contribution is -0.155. The van der Waals surface area contributed by atoms with Crippen LogP contribution in [-0.2, 0) is 43.2 Å². The van der Waals surface area contributed by atoms with E-state index < -0.39 is 66.4 Å². The second-order valence-electron chi connectivity index (χ2n) is 15.4. The van der Waals surface area contributed by atoms with E-state index in [0.29, 0.717) is 37.4 Å². The Kier molecular flexibility index (Phi) is 19.6. The van der Waals surface area contributed by atoms with Crippen LogP contribution in [0.5, 0.6) is 0 Å². The van der Waals surface area contributed by atoms with Crippen LogP contribution >= 0.6 is 78.8 Å². The minimum atomic E-state index is -1.07. The number of rotatable bonds is 8. The summed E-state index contributed by atoms with van der Waals surface area (Å²) in [7, 11) is 1.67. The average molecular weight is 933 g/mol. The van der Waals surface area contributed by atoms with Crippen molar-refractivity contribution < 1.29 is 32.6 Å². The maximum absolute atomic E-state index is 14.1. The molecule has 1 aromatic carbocycles. The van der Waals surface area contributed by atoms with Gasteiger partial charge in [-0.15, -0.1) is 11.3 Å². The smallest absolute Gasteiger partial charge is 0.324 e. The molecule has 5 atom stereocenters. The van der Waals surface area contributed by atoms with Gasteiger partial charge in [0.25, 0.3) is 5.91 Å². The molecule has 0 unspecified atom stereocenters. The van der Waals surface area contributed by atoms with Gasteiger partial charge in [-0.3, -0.25) is 33.2 Å². The molecule has 7 rings (SSSR count). The van der Waals surface area contributed by atoms with E-state index in [-0.39, 0.29) is 86.6 Å². The maximum Gasteiger partial charge on any atom is 0.324 e. The molecule has 59 heavy (non-hydrogen) atoms. The fourth-order valence-electron chi connectivity index (χ4n) is 8.09. The first kappa shape index (κ1) is 52.6. The summed E-state index contributed by atoms with van der Waals surface area (Å²) in [4.78, 5) is 50.7. The minimum absolute atomic E-state index is 0. The number of methoxy groups -OCH3 is 1. The van der Waals surface area contributed by atoms with Gasteiger partial charge >= 0.3 is 5.97 Å². The van der Waals surface area contributed by atoms with Gasteiger partial charge in [0.15, 0.2) is 0 Å². The number of cyclic esters (lactones) is 1. The van der Waals surface area contributed by atoms with Crippen molar-refractivity contribution in [2.24, 2.45) is 23.2 Å². The number of ether oxygens (including phenoxy) is 2. The van der Waals surface area contributed by atoms with Crippen molar-refractivity contribution in [2.75, 3.05) is 33.6 Å². The van der Waals surface area contributed by atoms with E-state index in [2.05, 4.69) is 54.3 Å². The summed E-state index contributed by atoms with van der Waals surface area (Å²) in [5.41, 5.74) is 9.14. The van der Waals surface area contributed by atoms with Crippen LogP contribution in [0, 0.1) is 23.2 Å². The Labute approximate surface area is 383 Å². The molecule has 1 aliphatic carbocycles. The number of hydrazine groups is 1. The molecule has 19 heteroatoms. The van der Waals surface area contributed by atoms with Crippen molar-refractivity contribution >= 4 is 108 Å². The fraction of sp³-hybridized carbons (Fsp3) is 0.525. The number of esters is 1. The number of nitrogens with one attached hydrogen (secondary N) is 2. The first-order valence-electron chi connectivity index (χ1n) is 18.7. The molecule has 0 radical (unpaired) electrons. The van der Waals surface area contributed by atoms with E-state index in [4.69, 9.17) is 19.4 Å². The molecule has 6 bridgehead atoms. The highest BCUT2D eigenvalue weighted by molar-refractivity contribution is 7.60. The van der Waals surface area contributed by atoms with Crippen LogP contribution in [0.15, 0.2) is 41.9 Å². The number of fused-ring (bicyclic) bond motifs is 6. The second-order valence-corrected chi connectivity index (χ2v) is 16.4. The third kappa shape index (κ3) is 10.8. The average Bonchev–Trinajstić information content (AvgIpc) is 3.58. The molecular weight excluding hydrogens is 875 g/mol. The van der Waals surface area contributed by atoms with Crippen LogP contribution in [0.25, 0.3) is 33.4 Å². The molecule has 1 saturated heterocycles. The number of halogens is 2. The molecule has 1 saturated carbocycles. The SMILES string of the molecule is CCn1c(-c2cccnc2[C@H](C)OC)c2c3cc(ccc31)-c1csc(n1)C[C@H](NC(=O)C1[C@H](CF)[C@H]1CF)C(=O)N1CCC[C@H](N1)C(=O)OCC(C)(C)C2.S.S.S.S.S. The predicted octanol–water partition coefficient (Wildman–Crippen LogP) is 6.57. The second kappa shape index (κ2) is 22.0. The summed E-state index contributed by atoms with van der Waals surface area (Å²) in [6, 6.07) is 8.46. The third-order valence-corrected chi connectivity index (χ3v) is 12.0. The normalized spacial score (nSPS) is 22.8. The number of carbonyl (C=O) groups excluding carboxylic acids is 3. The molecule has 2 N–H and O–H groups in total. The number of amides is 2. The van der Waals surface area contributed by atoms with Crippen molar-refractivity contribution in [3.8, 4) is 22.5 Å². The summed E-state index contributed by atoms with van der Waals surface area (Å²) in [6.45, 7) is 7.78. The van der Waals surface area contributed by atoms with Crippen LogP contribution in [0.1, 0.15) is 62.9 Å². The van der Waals surface area contributed by atoms with Gasteiger partial charge in [0, 0.05) is 83.4 Å². The number of nitrogens with zero attached hydrogens (tertiary/aromatic N) is 4. The quantitative estimate of drug-likeness (QED) is 0.190. The maximum atomic E-state index is 14.1. The lowest BCUT2D eigenvalue weighted by atomic mass is 9.84. The van der Waals surface area contributed by atoms with Crippen LogP contribution < -0.4 is 10.7 Å². The molecule has 3 aliphatic rings. The number of aromatic nitrogens is 3. The summed E-state index contributed by atoms with van der Waals surface area (Å²) in [6.07, 6.45) is 3.17. The Morgan fingerprint density at radius 1 is 1.12 bits per heavy atom. The molecule has 2 aliphatic heterocycles. The number of thiazole rings is 1. The standard InChI is InChI=1S/C40H48F2N6O5S.5H2S/c1-6-47-32-12-11-23-15-25(32)26(36(47)24-9-7-13-43-35(24)22(2)52-5)17-40(3,4)21-53-39(51)29-10-8-14-48(46-29)38(50)30(16-33-44-31(23)20-54-33)45-37(49)34-27(18-41)28(34)19-42;;;;;/h7,9,11-13,15,20,22,27-30,34,46H,6,8,10,14,16-19,21H2,1-5H3,(H,45,49);5*1H2/t22-,27+,28+,29-,30-;;;;;/m0...../s1. The van der Waals surface area contributed by atoms with E-state index in [1.807, 2.05) is 24.4 Å². The summed E-state index contributed by atoms with van der Waals surface area (Å²) in [5, 5.41) is 7.75. The molecule has 3 aromatic heterocycles. The van der Waals surface area contributed by atoms with Crippen molar-refractivity contribution in [3.05, 3.63) is 58.2 Å². The number of pyridine rings is 1. The zero-order chi connectivity index (χ0) is 38.3. The van der Waals surface area contributed by atoms with Gasteiger partial charge in [0.05, 0.1) is 48.1 Å². The van der Waals surface area contributed by atoms with Crippen molar-refractivity contribution in [1.82, 2.24) is 30.3 Å². The monoisotopic (exact) mass is 932 g/mol. The van der Waals surface area contributed by atoms with Gasteiger partial charge in [-0.1, -0.05) is 19.9 Å². The van der Waals surface area contributed by atoms with Crippen LogP contribution in [0.3, 0.4) is 0 Å². The van der Waals surface area contributed by atoms with E-state index >= 15 is 0 Å². The van der Waals surface area contributed by atoms with Crippen molar-refractivity contribution in [3.63, 3.8) is 0 Å². The first-order valence-corrected chi connectivity index (χ1v) is 19.6. The van der Waals surface area contributed by atoms with E-state index in [1.165, 1.54) is 16.3 Å². The summed E-state index contributed by atoms with van der Waals surface area (Å²) in [5.74, 6) is -3.73. The number of aryl methyl sites for hydroxylation is 1. The molecule has 5 heterocycles. The van der Waals surface area contributed by atoms with Gasteiger partial charge in [-0.05, 0) is 62.9 Å². The highest BCUT2D eigenvalue weighted by Gasteiger charge is 2.55. The Balaban J connectivity index is 0.00000240. The van der Waals surface area contributed by atoms with E-state index in [1.54, 1.807) is 13.3 Å². The van der Waals surface area contributed by atoms with Gasteiger partial charge in [-0.2, -0.15) is 67.5 Å².